The number of carbonyl (C=O) groups is 1. The monoisotopic (exact) mass is 414 g/mol. The largest absolute Gasteiger partial charge is 0.347 e. The van der Waals surface area contributed by atoms with Crippen LogP contribution >= 0.6 is 0 Å². The molecule has 2 atom stereocenters. The number of nitrogens with zero attached hydrogens (tertiary/aromatic N) is 1. The van der Waals surface area contributed by atoms with Crippen LogP contribution in [0.25, 0.3) is 0 Å². The van der Waals surface area contributed by atoms with E-state index in [9.17, 15) is 13.2 Å². The Kier molecular flexibility index (Phi) is 6.32. The van der Waals surface area contributed by atoms with Crippen molar-refractivity contribution in [3.63, 3.8) is 0 Å². The highest BCUT2D eigenvalue weighted by Crippen LogP contribution is 2.30. The van der Waals surface area contributed by atoms with Gasteiger partial charge in [-0.25, -0.2) is 8.42 Å². The number of hydrogen-bond acceptors (Lipinski definition) is 3. The van der Waals surface area contributed by atoms with E-state index in [0.717, 1.165) is 42.2 Å². The van der Waals surface area contributed by atoms with Crippen LogP contribution in [0.3, 0.4) is 0 Å². The van der Waals surface area contributed by atoms with Crippen LogP contribution in [0.15, 0.2) is 42.5 Å². The van der Waals surface area contributed by atoms with Gasteiger partial charge in [-0.1, -0.05) is 37.3 Å². The number of sulfonamides is 1. The highest BCUT2D eigenvalue weighted by molar-refractivity contribution is 7.92. The highest BCUT2D eigenvalue weighted by atomic mass is 32.2. The molecule has 0 radical (unpaired) electrons. The first-order valence-corrected chi connectivity index (χ1v) is 12.0. The minimum Gasteiger partial charge on any atom is -0.347 e. The molecule has 0 saturated carbocycles. The van der Waals surface area contributed by atoms with Crippen molar-refractivity contribution in [3.8, 4) is 0 Å². The van der Waals surface area contributed by atoms with Crippen LogP contribution in [-0.2, 0) is 21.2 Å². The topological polar surface area (TPSA) is 66.5 Å². The molecule has 2 aromatic carbocycles. The van der Waals surface area contributed by atoms with E-state index >= 15 is 0 Å². The molecule has 0 unspecified atom stereocenters. The molecule has 0 aliphatic heterocycles. The number of anilines is 1. The number of hydrogen-bond donors (Lipinski definition) is 1. The Hall–Kier alpha value is -2.34. The number of carbonyl (C=O) groups excluding carboxylic acids is 1. The molecule has 0 fully saturated rings. The van der Waals surface area contributed by atoms with Crippen molar-refractivity contribution in [2.24, 2.45) is 0 Å². The summed E-state index contributed by atoms with van der Waals surface area (Å²) in [6.45, 7) is 5.77. The lowest BCUT2D eigenvalue weighted by atomic mass is 9.87. The average Bonchev–Trinajstić information content (AvgIpc) is 2.67. The molecule has 1 amide bonds. The molecule has 0 saturated heterocycles. The molecule has 1 N–H and O–H groups in total. The summed E-state index contributed by atoms with van der Waals surface area (Å²) in [6, 6.07) is 12.8. The summed E-state index contributed by atoms with van der Waals surface area (Å²) < 4.78 is 26.6. The van der Waals surface area contributed by atoms with Crippen molar-refractivity contribution in [2.75, 3.05) is 10.6 Å². The van der Waals surface area contributed by atoms with Crippen LogP contribution in [0.1, 0.15) is 54.5 Å². The summed E-state index contributed by atoms with van der Waals surface area (Å²) in [5.74, 6) is -0.252. The average molecular weight is 415 g/mol. The molecular formula is C23H30N2O3S. The zero-order valence-electron chi connectivity index (χ0n) is 17.6. The quantitative estimate of drug-likeness (QED) is 0.776. The van der Waals surface area contributed by atoms with Crippen molar-refractivity contribution in [1.82, 2.24) is 5.32 Å². The number of rotatable bonds is 6. The van der Waals surface area contributed by atoms with Gasteiger partial charge in [-0.05, 0) is 73.9 Å². The molecule has 0 spiro atoms. The molecule has 6 heteroatoms. The molecule has 0 bridgehead atoms. The van der Waals surface area contributed by atoms with Gasteiger partial charge < -0.3 is 5.32 Å². The summed E-state index contributed by atoms with van der Waals surface area (Å²) in [4.78, 5) is 13.2. The van der Waals surface area contributed by atoms with E-state index in [1.807, 2.05) is 45.0 Å². The van der Waals surface area contributed by atoms with E-state index in [1.54, 1.807) is 6.07 Å². The van der Waals surface area contributed by atoms with Gasteiger partial charge in [0.05, 0.1) is 18.0 Å². The van der Waals surface area contributed by atoms with Crippen LogP contribution in [-0.4, -0.2) is 26.6 Å². The van der Waals surface area contributed by atoms with Crippen molar-refractivity contribution in [1.29, 1.82) is 0 Å². The molecule has 2 aromatic rings. The molecule has 3 rings (SSSR count). The molecule has 5 nitrogen and oxygen atoms in total. The van der Waals surface area contributed by atoms with Crippen molar-refractivity contribution < 1.29 is 13.2 Å². The minimum absolute atomic E-state index is 0.0809. The first kappa shape index (κ1) is 21.4. The molecule has 29 heavy (non-hydrogen) atoms. The van der Waals surface area contributed by atoms with Gasteiger partial charge in [0.25, 0.3) is 0 Å². The van der Waals surface area contributed by atoms with Crippen molar-refractivity contribution in [3.05, 3.63) is 64.7 Å². The fourth-order valence-electron chi connectivity index (χ4n) is 4.09. The third-order valence-corrected chi connectivity index (χ3v) is 6.94. The number of nitrogens with one attached hydrogen (secondary N) is 1. The zero-order valence-corrected chi connectivity index (χ0v) is 18.4. The van der Waals surface area contributed by atoms with Crippen LogP contribution in [0.2, 0.25) is 0 Å². The van der Waals surface area contributed by atoms with Crippen LogP contribution in [0.5, 0.6) is 0 Å². The van der Waals surface area contributed by atoms with E-state index < -0.39 is 16.1 Å². The molecule has 0 aromatic heterocycles. The molecule has 0 heterocycles. The lowest BCUT2D eigenvalue weighted by Gasteiger charge is -2.33. The highest BCUT2D eigenvalue weighted by Gasteiger charge is 2.33. The van der Waals surface area contributed by atoms with Gasteiger partial charge in [-0.15, -0.1) is 0 Å². The van der Waals surface area contributed by atoms with Crippen molar-refractivity contribution >= 4 is 21.6 Å². The smallest absolute Gasteiger partial charge is 0.244 e. The van der Waals surface area contributed by atoms with Crippen LogP contribution in [0.4, 0.5) is 5.69 Å². The molecule has 1 aliphatic carbocycles. The Labute approximate surface area is 174 Å². The third kappa shape index (κ3) is 4.64. The van der Waals surface area contributed by atoms with E-state index in [0.29, 0.717) is 12.1 Å². The van der Waals surface area contributed by atoms with E-state index in [1.165, 1.54) is 9.87 Å². The van der Waals surface area contributed by atoms with Gasteiger partial charge in [0, 0.05) is 0 Å². The Bertz CT molecular complexity index is 1000. The summed E-state index contributed by atoms with van der Waals surface area (Å²) in [7, 11) is -3.63. The minimum atomic E-state index is -3.63. The Morgan fingerprint density at radius 1 is 1.17 bits per heavy atom. The van der Waals surface area contributed by atoms with Gasteiger partial charge >= 0.3 is 0 Å². The number of fused-ring (bicyclic) bond motifs is 1. The second-order valence-electron chi connectivity index (χ2n) is 7.90. The maximum atomic E-state index is 13.2. The maximum absolute atomic E-state index is 13.2. The number of aryl methyl sites for hydroxylation is 3. The first-order chi connectivity index (χ1) is 13.7. The lowest BCUT2D eigenvalue weighted by Crippen LogP contribution is -2.50. The summed E-state index contributed by atoms with van der Waals surface area (Å²) >= 11 is 0. The van der Waals surface area contributed by atoms with Gasteiger partial charge in [0.15, 0.2) is 0 Å². The second-order valence-corrected chi connectivity index (χ2v) is 9.76. The third-order valence-electron chi connectivity index (χ3n) is 5.76. The standard InChI is InChI=1S/C23H30N2O3S/c1-5-22(25(29(4,27)28)19-14-13-16(2)17(3)15-19)23(26)24-21-12-8-10-18-9-6-7-11-20(18)21/h6-7,9,11,13-15,21-22H,5,8,10,12H2,1-4H3,(H,24,26)/t21-,22+/m0/s1. The Morgan fingerprint density at radius 2 is 1.90 bits per heavy atom. The van der Waals surface area contributed by atoms with Gasteiger partial charge in [-0.3, -0.25) is 9.10 Å². The SMILES string of the molecule is CC[C@H](C(=O)N[C@H]1CCCc2ccccc21)N(c1ccc(C)c(C)c1)S(C)(=O)=O. The van der Waals surface area contributed by atoms with Crippen LogP contribution in [0, 0.1) is 13.8 Å². The Morgan fingerprint density at radius 3 is 2.55 bits per heavy atom. The van der Waals surface area contributed by atoms with Gasteiger partial charge in [0.2, 0.25) is 15.9 Å². The molecular weight excluding hydrogens is 384 g/mol. The van der Waals surface area contributed by atoms with Gasteiger partial charge in [-0.2, -0.15) is 0 Å². The second kappa shape index (κ2) is 8.57. The number of amides is 1. The van der Waals surface area contributed by atoms with E-state index in [-0.39, 0.29) is 11.9 Å². The summed E-state index contributed by atoms with van der Waals surface area (Å²) in [6.07, 6.45) is 4.43. The Balaban J connectivity index is 1.91. The molecule has 156 valence electrons. The molecule has 1 aliphatic rings. The summed E-state index contributed by atoms with van der Waals surface area (Å²) in [5.41, 5.74) is 5.00. The van der Waals surface area contributed by atoms with Crippen LogP contribution < -0.4 is 9.62 Å². The first-order valence-electron chi connectivity index (χ1n) is 10.2. The maximum Gasteiger partial charge on any atom is 0.244 e. The fourth-order valence-corrected chi connectivity index (χ4v) is 5.30. The normalized spacial score (nSPS) is 17.3. The lowest BCUT2D eigenvalue weighted by molar-refractivity contribution is -0.123. The van der Waals surface area contributed by atoms with E-state index in [4.69, 9.17) is 0 Å². The predicted molar refractivity (Wildman–Crippen MR) is 118 cm³/mol. The predicted octanol–water partition coefficient (Wildman–Crippen LogP) is 4.04. The zero-order chi connectivity index (χ0) is 21.2. The van der Waals surface area contributed by atoms with Crippen molar-refractivity contribution in [2.45, 2.75) is 58.5 Å². The van der Waals surface area contributed by atoms with E-state index in [2.05, 4.69) is 17.4 Å². The van der Waals surface area contributed by atoms with Gasteiger partial charge in [0.1, 0.15) is 6.04 Å². The number of benzene rings is 2. The fraction of sp³-hybridized carbons (Fsp3) is 0.435. The summed E-state index contributed by atoms with van der Waals surface area (Å²) in [5, 5.41) is 3.13.